The van der Waals surface area contributed by atoms with Crippen LogP contribution in [-0.2, 0) is 19.0 Å². The van der Waals surface area contributed by atoms with Crippen molar-refractivity contribution in [1.29, 1.82) is 0 Å². The molecule has 0 aliphatic heterocycles. The maximum atomic E-state index is 12.8. The summed E-state index contributed by atoms with van der Waals surface area (Å²) in [7, 11) is 0. The fraction of sp³-hybridized carbons (Fsp3) is 0.182. The van der Waals surface area contributed by atoms with Gasteiger partial charge < -0.3 is 5.32 Å². The molecule has 0 spiro atoms. The molecule has 0 saturated carbocycles. The molecule has 7 nitrogen and oxygen atoms in total. The van der Waals surface area contributed by atoms with Crippen LogP contribution in [0.2, 0.25) is 0 Å². The van der Waals surface area contributed by atoms with E-state index in [9.17, 15) is 22.8 Å². The Morgan fingerprint density at radius 2 is 1.94 bits per heavy atom. The Labute approximate surface area is 188 Å². The van der Waals surface area contributed by atoms with Crippen molar-refractivity contribution in [3.8, 4) is 16.5 Å². The van der Waals surface area contributed by atoms with E-state index < -0.39 is 17.6 Å². The molecule has 0 fully saturated rings. The molecule has 5 rings (SSSR count). The summed E-state index contributed by atoms with van der Waals surface area (Å²) in [5, 5.41) is 9.07. The average molecular weight is 471 g/mol. The second kappa shape index (κ2) is 8.00. The van der Waals surface area contributed by atoms with Gasteiger partial charge in [0.25, 0.3) is 11.5 Å². The molecule has 168 valence electrons. The van der Waals surface area contributed by atoms with Gasteiger partial charge in [0.1, 0.15) is 11.5 Å². The van der Waals surface area contributed by atoms with Gasteiger partial charge in [0, 0.05) is 17.2 Å². The summed E-state index contributed by atoms with van der Waals surface area (Å²) in [6.45, 7) is 0. The predicted molar refractivity (Wildman–Crippen MR) is 117 cm³/mol. The number of amides is 1. The molecule has 3 aromatic heterocycles. The van der Waals surface area contributed by atoms with Crippen molar-refractivity contribution in [2.75, 3.05) is 5.32 Å². The molecule has 0 radical (unpaired) electrons. The molecule has 1 aliphatic carbocycles. The van der Waals surface area contributed by atoms with E-state index in [1.54, 1.807) is 6.07 Å². The minimum atomic E-state index is -4.49. The topological polar surface area (TPSA) is 92.7 Å². The van der Waals surface area contributed by atoms with Crippen LogP contribution in [0.3, 0.4) is 0 Å². The molecule has 33 heavy (non-hydrogen) atoms. The molecule has 1 aliphatic rings. The highest BCUT2D eigenvalue weighted by Gasteiger charge is 2.30. The molecule has 1 amide bonds. The Bertz CT molecular complexity index is 1390. The van der Waals surface area contributed by atoms with Crippen molar-refractivity contribution < 1.29 is 18.0 Å². The molecule has 0 saturated heterocycles. The number of H-pyrrole nitrogens is 1. The van der Waals surface area contributed by atoms with Crippen LogP contribution in [0.15, 0.2) is 52.6 Å². The molecule has 1 aromatic carbocycles. The predicted octanol–water partition coefficient (Wildman–Crippen LogP) is 4.44. The molecular formula is C22H16F3N5O2S. The highest BCUT2D eigenvalue weighted by atomic mass is 32.1. The molecule has 0 unspecified atom stereocenters. The van der Waals surface area contributed by atoms with Crippen LogP contribution in [0.25, 0.3) is 16.5 Å². The lowest BCUT2D eigenvalue weighted by Crippen LogP contribution is -2.21. The van der Waals surface area contributed by atoms with Gasteiger partial charge in [-0.25, -0.2) is 4.98 Å². The third kappa shape index (κ3) is 4.07. The molecular weight excluding hydrogens is 455 g/mol. The summed E-state index contributed by atoms with van der Waals surface area (Å²) in [6, 6.07) is 9.25. The van der Waals surface area contributed by atoms with E-state index in [4.69, 9.17) is 0 Å². The van der Waals surface area contributed by atoms with Crippen molar-refractivity contribution in [3.05, 3.63) is 80.6 Å². The number of hydrogen-bond donors (Lipinski definition) is 2. The number of aromatic amines is 1. The van der Waals surface area contributed by atoms with Crippen molar-refractivity contribution in [1.82, 2.24) is 19.7 Å². The third-order valence-corrected chi connectivity index (χ3v) is 6.22. The van der Waals surface area contributed by atoms with E-state index in [1.165, 1.54) is 16.0 Å². The largest absolute Gasteiger partial charge is 0.416 e. The zero-order valence-corrected chi connectivity index (χ0v) is 17.8. The summed E-state index contributed by atoms with van der Waals surface area (Å²) in [5.74, 6) is -0.235. The van der Waals surface area contributed by atoms with E-state index in [0.29, 0.717) is 29.8 Å². The number of anilines is 1. The quantitative estimate of drug-likeness (QED) is 0.460. The SMILES string of the molecule is O=C(Nc1cc(-c2cccs2)nn1-c1nc2c(c(=O)[nH]1)CCC2)c1ccc(C(F)(F)F)cc1. The lowest BCUT2D eigenvalue weighted by molar-refractivity contribution is -0.137. The van der Waals surface area contributed by atoms with Gasteiger partial charge in [-0.05, 0) is 55.0 Å². The first kappa shape index (κ1) is 21.1. The first-order valence-corrected chi connectivity index (χ1v) is 10.9. The van der Waals surface area contributed by atoms with E-state index >= 15 is 0 Å². The van der Waals surface area contributed by atoms with Gasteiger partial charge >= 0.3 is 6.18 Å². The summed E-state index contributed by atoms with van der Waals surface area (Å²) in [6.07, 6.45) is -2.31. The van der Waals surface area contributed by atoms with E-state index in [0.717, 1.165) is 35.6 Å². The van der Waals surface area contributed by atoms with Crippen LogP contribution < -0.4 is 10.9 Å². The first-order chi connectivity index (χ1) is 15.8. The van der Waals surface area contributed by atoms with Crippen molar-refractivity contribution in [2.24, 2.45) is 0 Å². The van der Waals surface area contributed by atoms with Crippen LogP contribution in [-0.4, -0.2) is 25.7 Å². The van der Waals surface area contributed by atoms with Crippen molar-refractivity contribution in [3.63, 3.8) is 0 Å². The number of aryl methyl sites for hydroxylation is 1. The van der Waals surface area contributed by atoms with Crippen molar-refractivity contribution >= 4 is 23.1 Å². The standard InChI is InChI=1S/C22H16F3N5O2S/c23-22(24,25)13-8-6-12(7-9-13)19(31)27-18-11-16(17-5-2-10-33-17)29-30(18)21-26-15-4-1-3-14(15)20(32)28-21/h2,5-11H,1,3-4H2,(H,27,31)(H,26,28,32). The maximum Gasteiger partial charge on any atom is 0.416 e. The summed E-state index contributed by atoms with van der Waals surface area (Å²) < 4.78 is 39.8. The number of thiophene rings is 1. The maximum absolute atomic E-state index is 12.8. The Morgan fingerprint density at radius 3 is 2.64 bits per heavy atom. The molecule has 0 bridgehead atoms. The number of aromatic nitrogens is 4. The number of nitrogens with zero attached hydrogens (tertiary/aromatic N) is 3. The number of carbonyl (C=O) groups excluding carboxylic acids is 1. The molecule has 2 N–H and O–H groups in total. The Balaban J connectivity index is 1.52. The zero-order chi connectivity index (χ0) is 23.2. The Kier molecular flexibility index (Phi) is 5.12. The minimum absolute atomic E-state index is 0.0452. The number of benzene rings is 1. The van der Waals surface area contributed by atoms with Gasteiger partial charge in [-0.2, -0.15) is 23.0 Å². The van der Waals surface area contributed by atoms with Gasteiger partial charge in [0.05, 0.1) is 16.1 Å². The number of alkyl halides is 3. The Morgan fingerprint density at radius 1 is 1.15 bits per heavy atom. The van der Waals surface area contributed by atoms with Crippen LogP contribution in [0, 0.1) is 0 Å². The van der Waals surface area contributed by atoms with Crippen LogP contribution in [0.4, 0.5) is 19.0 Å². The number of hydrogen-bond acceptors (Lipinski definition) is 5. The number of halogens is 3. The second-order valence-electron chi connectivity index (χ2n) is 7.50. The average Bonchev–Trinajstić information content (AvgIpc) is 3.53. The van der Waals surface area contributed by atoms with Crippen molar-refractivity contribution in [2.45, 2.75) is 25.4 Å². The monoisotopic (exact) mass is 471 g/mol. The lowest BCUT2D eigenvalue weighted by atomic mass is 10.1. The van der Waals surface area contributed by atoms with Gasteiger partial charge in [-0.1, -0.05) is 6.07 Å². The number of fused-ring (bicyclic) bond motifs is 1. The molecule has 4 aromatic rings. The van der Waals surface area contributed by atoms with Crippen LogP contribution in [0.1, 0.15) is 33.6 Å². The number of nitrogens with one attached hydrogen (secondary N) is 2. The Hall–Kier alpha value is -3.73. The molecule has 0 atom stereocenters. The summed E-state index contributed by atoms with van der Waals surface area (Å²) in [5.41, 5.74) is 0.853. The number of carbonyl (C=O) groups is 1. The lowest BCUT2D eigenvalue weighted by Gasteiger charge is -2.10. The van der Waals surface area contributed by atoms with Gasteiger partial charge in [-0.3, -0.25) is 14.6 Å². The smallest absolute Gasteiger partial charge is 0.306 e. The van der Waals surface area contributed by atoms with Gasteiger partial charge in [0.15, 0.2) is 0 Å². The normalized spacial score (nSPS) is 13.2. The molecule has 3 heterocycles. The first-order valence-electron chi connectivity index (χ1n) is 10.0. The highest BCUT2D eigenvalue weighted by Crippen LogP contribution is 2.30. The summed E-state index contributed by atoms with van der Waals surface area (Å²) >= 11 is 1.45. The third-order valence-electron chi connectivity index (χ3n) is 5.33. The van der Waals surface area contributed by atoms with Gasteiger partial charge in [0.2, 0.25) is 5.95 Å². The highest BCUT2D eigenvalue weighted by molar-refractivity contribution is 7.13. The fourth-order valence-corrected chi connectivity index (χ4v) is 4.39. The van der Waals surface area contributed by atoms with Crippen LogP contribution in [0.5, 0.6) is 0 Å². The second-order valence-corrected chi connectivity index (χ2v) is 8.45. The van der Waals surface area contributed by atoms with E-state index in [1.807, 2.05) is 17.5 Å². The molecule has 11 heteroatoms. The minimum Gasteiger partial charge on any atom is -0.306 e. The van der Waals surface area contributed by atoms with E-state index in [2.05, 4.69) is 20.4 Å². The zero-order valence-electron chi connectivity index (χ0n) is 16.9. The van der Waals surface area contributed by atoms with Crippen LogP contribution >= 0.6 is 11.3 Å². The summed E-state index contributed by atoms with van der Waals surface area (Å²) in [4.78, 5) is 33.4. The number of rotatable bonds is 4. The van der Waals surface area contributed by atoms with E-state index in [-0.39, 0.29) is 22.9 Å². The fourth-order valence-electron chi connectivity index (χ4n) is 3.70. The van der Waals surface area contributed by atoms with Gasteiger partial charge in [-0.15, -0.1) is 11.3 Å².